The standard InChI is InChI=1S/C24H31F3N4O2S2/c1-13(29)15(11-28)18(32)12-34-23-30-21-20(14-7-3-2-4-10-19(14)35-21)22(33)31(23)17-9-6-5-8-16(17)24(25,26)27/h14,16-17,19-21H,2-10,12,29H2,1H3/b15-13+. The molecule has 2 aliphatic carbocycles. The number of carbonyl (C=O) groups is 2. The Morgan fingerprint density at radius 1 is 1.20 bits per heavy atom. The number of Topliss-reactive ketones (excluding diaryl/α,β-unsaturated/α-hetero) is 1. The predicted octanol–water partition coefficient (Wildman–Crippen LogP) is 5.00. The third-order valence-corrected chi connectivity index (χ3v) is 10.2. The van der Waals surface area contributed by atoms with Gasteiger partial charge in [0, 0.05) is 10.9 Å². The number of hydrogen-bond acceptors (Lipinski definition) is 7. The van der Waals surface area contributed by atoms with E-state index in [1.165, 1.54) is 11.8 Å². The molecule has 0 spiro atoms. The van der Waals surface area contributed by atoms with Crippen LogP contribution in [0.15, 0.2) is 16.3 Å². The van der Waals surface area contributed by atoms with Crippen LogP contribution in [-0.2, 0) is 9.59 Å². The minimum absolute atomic E-state index is 0.0165. The molecule has 1 amide bonds. The van der Waals surface area contributed by atoms with Gasteiger partial charge in [0.2, 0.25) is 5.91 Å². The van der Waals surface area contributed by atoms with Crippen molar-refractivity contribution in [1.82, 2.24) is 4.90 Å². The maximum Gasteiger partial charge on any atom is 0.393 e. The molecule has 6 nitrogen and oxygen atoms in total. The molecule has 2 saturated carbocycles. The number of amides is 1. The number of ketones is 1. The van der Waals surface area contributed by atoms with Gasteiger partial charge in [0.1, 0.15) is 17.0 Å². The van der Waals surface area contributed by atoms with E-state index in [1.807, 2.05) is 0 Å². The molecule has 3 fully saturated rings. The van der Waals surface area contributed by atoms with E-state index < -0.39 is 29.8 Å². The highest BCUT2D eigenvalue weighted by Gasteiger charge is 2.56. The molecule has 0 aromatic carbocycles. The van der Waals surface area contributed by atoms with Crippen LogP contribution < -0.4 is 5.73 Å². The van der Waals surface area contributed by atoms with Crippen LogP contribution in [0.25, 0.3) is 0 Å². The molecule has 2 aliphatic heterocycles. The molecule has 2 N–H and O–H groups in total. The van der Waals surface area contributed by atoms with Gasteiger partial charge >= 0.3 is 6.18 Å². The van der Waals surface area contributed by atoms with E-state index in [2.05, 4.69) is 0 Å². The van der Waals surface area contributed by atoms with E-state index in [0.717, 1.165) is 43.9 Å². The van der Waals surface area contributed by atoms with Gasteiger partial charge in [0.05, 0.1) is 23.6 Å². The number of alkyl halides is 3. The first-order chi connectivity index (χ1) is 16.6. The number of aliphatic imine (C=N–C) groups is 1. The van der Waals surface area contributed by atoms with Gasteiger partial charge < -0.3 is 5.73 Å². The van der Waals surface area contributed by atoms with E-state index in [0.29, 0.717) is 12.8 Å². The number of rotatable bonds is 4. The molecule has 0 radical (unpaired) electrons. The first kappa shape index (κ1) is 26.4. The molecular formula is C24H31F3N4O2S2. The van der Waals surface area contributed by atoms with Crippen LogP contribution in [0, 0.1) is 29.1 Å². The van der Waals surface area contributed by atoms with Crippen molar-refractivity contribution in [2.24, 2.45) is 28.5 Å². The summed E-state index contributed by atoms with van der Waals surface area (Å²) in [6.45, 7) is 1.45. The van der Waals surface area contributed by atoms with E-state index in [4.69, 9.17) is 10.7 Å². The number of fused-ring (bicyclic) bond motifs is 3. The lowest BCUT2D eigenvalue weighted by atomic mass is 9.80. The highest BCUT2D eigenvalue weighted by molar-refractivity contribution is 8.14. The minimum Gasteiger partial charge on any atom is -0.401 e. The van der Waals surface area contributed by atoms with Gasteiger partial charge in [0.25, 0.3) is 0 Å². The number of nitrogens with zero attached hydrogens (tertiary/aromatic N) is 3. The molecule has 6 unspecified atom stereocenters. The van der Waals surface area contributed by atoms with E-state index >= 15 is 0 Å². The zero-order chi connectivity index (χ0) is 25.3. The second-order valence-electron chi connectivity index (χ2n) is 9.89. The van der Waals surface area contributed by atoms with Gasteiger partial charge in [-0.15, -0.1) is 11.8 Å². The van der Waals surface area contributed by atoms with Crippen LogP contribution in [0.4, 0.5) is 13.2 Å². The normalized spacial score (nSPS) is 34.2. The van der Waals surface area contributed by atoms with Crippen molar-refractivity contribution in [3.8, 4) is 6.07 Å². The summed E-state index contributed by atoms with van der Waals surface area (Å²) in [5.41, 5.74) is 5.56. The van der Waals surface area contributed by atoms with Gasteiger partial charge in [-0.1, -0.05) is 43.9 Å². The Labute approximate surface area is 212 Å². The molecular weight excluding hydrogens is 497 g/mol. The Bertz CT molecular complexity index is 957. The lowest BCUT2D eigenvalue weighted by Gasteiger charge is -2.44. The molecule has 0 bridgehead atoms. The summed E-state index contributed by atoms with van der Waals surface area (Å²) in [5.74, 6) is -2.90. The lowest BCUT2D eigenvalue weighted by Crippen LogP contribution is -2.57. The smallest absolute Gasteiger partial charge is 0.393 e. The molecule has 1 saturated heterocycles. The fourth-order valence-electron chi connectivity index (χ4n) is 5.99. The molecule has 0 aromatic heterocycles. The van der Waals surface area contributed by atoms with Gasteiger partial charge in [0.15, 0.2) is 11.0 Å². The molecule has 4 aliphatic rings. The summed E-state index contributed by atoms with van der Waals surface area (Å²) < 4.78 is 42.1. The summed E-state index contributed by atoms with van der Waals surface area (Å²) >= 11 is 2.62. The highest BCUT2D eigenvalue weighted by atomic mass is 32.2. The second kappa shape index (κ2) is 10.8. The number of hydrogen-bond donors (Lipinski definition) is 1. The monoisotopic (exact) mass is 528 g/mol. The second-order valence-corrected chi connectivity index (χ2v) is 12.2. The van der Waals surface area contributed by atoms with Crippen molar-refractivity contribution in [3.05, 3.63) is 11.3 Å². The van der Waals surface area contributed by atoms with Gasteiger partial charge in [-0.05, 0) is 38.5 Å². The first-order valence-corrected chi connectivity index (χ1v) is 14.2. The van der Waals surface area contributed by atoms with Crippen molar-refractivity contribution in [2.45, 2.75) is 87.6 Å². The number of nitriles is 1. The average Bonchev–Trinajstić information content (AvgIpc) is 2.98. The van der Waals surface area contributed by atoms with Crippen LogP contribution in [0.3, 0.4) is 0 Å². The van der Waals surface area contributed by atoms with Gasteiger partial charge in [-0.2, -0.15) is 18.4 Å². The summed E-state index contributed by atoms with van der Waals surface area (Å²) in [6.07, 6.45) is 2.02. The third kappa shape index (κ3) is 5.38. The zero-order valence-corrected chi connectivity index (χ0v) is 21.4. The summed E-state index contributed by atoms with van der Waals surface area (Å²) in [6, 6.07) is 0.776. The van der Waals surface area contributed by atoms with Crippen LogP contribution in [-0.4, -0.2) is 50.4 Å². The summed E-state index contributed by atoms with van der Waals surface area (Å²) in [5, 5.41) is 9.38. The third-order valence-electron chi connectivity index (χ3n) is 7.65. The molecule has 35 heavy (non-hydrogen) atoms. The zero-order valence-electron chi connectivity index (χ0n) is 19.7. The van der Waals surface area contributed by atoms with Crippen LogP contribution in [0.1, 0.15) is 64.7 Å². The van der Waals surface area contributed by atoms with Crippen molar-refractivity contribution < 1.29 is 22.8 Å². The summed E-state index contributed by atoms with van der Waals surface area (Å²) in [4.78, 5) is 32.7. The van der Waals surface area contributed by atoms with Gasteiger partial charge in [-0.25, -0.2) is 4.99 Å². The SMILES string of the molecule is C/C(N)=C(/C#N)C(=O)CSC1=NC2SC3CCCCCC3C2C(=O)N1C1CCCCC1C(F)(F)F. The van der Waals surface area contributed by atoms with E-state index in [-0.39, 0.29) is 57.5 Å². The van der Waals surface area contributed by atoms with Gasteiger partial charge in [-0.3, -0.25) is 14.5 Å². The molecule has 4 rings (SSSR count). The Morgan fingerprint density at radius 2 is 1.89 bits per heavy atom. The number of allylic oxidation sites excluding steroid dienone is 2. The number of amidine groups is 1. The van der Waals surface area contributed by atoms with Crippen LogP contribution in [0.2, 0.25) is 0 Å². The first-order valence-electron chi connectivity index (χ1n) is 12.3. The Kier molecular flexibility index (Phi) is 8.11. The van der Waals surface area contributed by atoms with Crippen molar-refractivity contribution in [1.29, 1.82) is 5.26 Å². The maximum atomic E-state index is 14.0. The van der Waals surface area contributed by atoms with Crippen molar-refractivity contribution in [2.75, 3.05) is 5.75 Å². The maximum absolute atomic E-state index is 14.0. The predicted molar refractivity (Wildman–Crippen MR) is 131 cm³/mol. The quantitative estimate of drug-likeness (QED) is 0.407. The van der Waals surface area contributed by atoms with Crippen molar-refractivity contribution in [3.63, 3.8) is 0 Å². The summed E-state index contributed by atoms with van der Waals surface area (Å²) in [7, 11) is 0. The highest BCUT2D eigenvalue weighted by Crippen LogP contribution is 2.53. The Hall–Kier alpha value is -1.67. The molecule has 6 atom stereocenters. The average molecular weight is 529 g/mol. The molecule has 0 aromatic rings. The fraction of sp³-hybridized carbons (Fsp3) is 0.750. The molecule has 192 valence electrons. The number of nitrogens with two attached hydrogens (primary N) is 1. The molecule has 2 heterocycles. The van der Waals surface area contributed by atoms with E-state index in [9.17, 15) is 28.0 Å². The fourth-order valence-corrected chi connectivity index (χ4v) is 8.83. The Morgan fingerprint density at radius 3 is 2.57 bits per heavy atom. The lowest BCUT2D eigenvalue weighted by molar-refractivity contribution is -0.196. The minimum atomic E-state index is -4.42. The number of halogens is 3. The van der Waals surface area contributed by atoms with E-state index in [1.54, 1.807) is 17.8 Å². The number of thioether (sulfide) groups is 2. The molecule has 11 heteroatoms. The van der Waals surface area contributed by atoms with Crippen LogP contribution >= 0.6 is 23.5 Å². The number of carbonyl (C=O) groups excluding carboxylic acids is 2. The Balaban J connectivity index is 1.67. The topological polar surface area (TPSA) is 99.5 Å². The largest absolute Gasteiger partial charge is 0.401 e. The van der Waals surface area contributed by atoms with Crippen LogP contribution in [0.5, 0.6) is 0 Å². The van der Waals surface area contributed by atoms with Crippen molar-refractivity contribution >= 4 is 40.4 Å².